The third-order valence-electron chi connectivity index (χ3n) is 3.10. The molecule has 7 nitrogen and oxygen atoms in total. The maximum Gasteiger partial charge on any atom is 0.247 e. The Morgan fingerprint density at radius 2 is 2.00 bits per heavy atom. The van der Waals surface area contributed by atoms with Crippen molar-refractivity contribution in [1.29, 1.82) is 0 Å². The summed E-state index contributed by atoms with van der Waals surface area (Å²) in [5.74, 6) is 0. The zero-order chi connectivity index (χ0) is 14.2. The molecule has 0 spiro atoms. The molecular formula is C11H19N3O4S. The van der Waals surface area contributed by atoms with Gasteiger partial charge in [0.25, 0.3) is 0 Å². The smallest absolute Gasteiger partial charge is 0.247 e. The monoisotopic (exact) mass is 289 g/mol. The number of aromatic amines is 1. The quantitative estimate of drug-likeness (QED) is 0.817. The van der Waals surface area contributed by atoms with Crippen LogP contribution >= 0.6 is 0 Å². The fourth-order valence-corrected chi connectivity index (χ4v) is 4.29. The second-order valence-corrected chi connectivity index (χ2v) is 6.74. The Labute approximate surface area is 112 Å². The van der Waals surface area contributed by atoms with Gasteiger partial charge in [0, 0.05) is 13.1 Å². The molecular weight excluding hydrogens is 270 g/mol. The van der Waals surface area contributed by atoms with Crippen molar-refractivity contribution < 1.29 is 18.3 Å². The Balaban J connectivity index is 2.39. The lowest BCUT2D eigenvalue weighted by Crippen LogP contribution is -2.48. The molecule has 2 N–H and O–H groups in total. The number of aliphatic hydroxyl groups excluding tert-OH is 1. The van der Waals surface area contributed by atoms with Crippen LogP contribution in [0.1, 0.15) is 25.2 Å². The van der Waals surface area contributed by atoms with Crippen LogP contribution in [0, 0.1) is 6.92 Å². The number of rotatable bonds is 3. The zero-order valence-corrected chi connectivity index (χ0v) is 12.1. The van der Waals surface area contributed by atoms with Crippen LogP contribution in [0.3, 0.4) is 0 Å². The number of morpholine rings is 1. The molecule has 0 aliphatic carbocycles. The molecule has 8 heteroatoms. The molecule has 2 rings (SSSR count). The first-order valence-electron chi connectivity index (χ1n) is 6.16. The van der Waals surface area contributed by atoms with Crippen LogP contribution in [-0.4, -0.2) is 53.3 Å². The van der Waals surface area contributed by atoms with E-state index in [1.54, 1.807) is 6.92 Å². The molecule has 19 heavy (non-hydrogen) atoms. The van der Waals surface area contributed by atoms with E-state index >= 15 is 0 Å². The minimum atomic E-state index is -3.66. The molecule has 0 saturated carbocycles. The van der Waals surface area contributed by atoms with Crippen LogP contribution in [0.25, 0.3) is 0 Å². The number of aryl methyl sites for hydroxylation is 1. The van der Waals surface area contributed by atoms with Crippen molar-refractivity contribution in [3.8, 4) is 0 Å². The second-order valence-electron chi connectivity index (χ2n) is 4.86. The molecule has 108 valence electrons. The number of aromatic nitrogens is 2. The van der Waals surface area contributed by atoms with Gasteiger partial charge in [-0.2, -0.15) is 9.40 Å². The number of hydrogen-bond donors (Lipinski definition) is 2. The van der Waals surface area contributed by atoms with Crippen molar-refractivity contribution in [3.05, 3.63) is 11.4 Å². The molecule has 1 aliphatic rings. The minimum absolute atomic E-state index is 0.0799. The van der Waals surface area contributed by atoms with Gasteiger partial charge in [0.1, 0.15) is 10.6 Å². The number of nitrogens with zero attached hydrogens (tertiary/aromatic N) is 2. The summed E-state index contributed by atoms with van der Waals surface area (Å²) in [6, 6.07) is 0. The molecule has 1 aliphatic heterocycles. The number of sulfonamides is 1. The van der Waals surface area contributed by atoms with Gasteiger partial charge in [0.05, 0.1) is 24.5 Å². The highest BCUT2D eigenvalue weighted by Crippen LogP contribution is 2.25. The first-order chi connectivity index (χ1) is 8.86. The predicted octanol–water partition coefficient (Wildman–Crippen LogP) is 0.00832. The summed E-state index contributed by atoms with van der Waals surface area (Å²) in [6.45, 7) is 5.52. The fraction of sp³-hybridized carbons (Fsp3) is 0.727. The van der Waals surface area contributed by atoms with Gasteiger partial charge in [0.2, 0.25) is 10.0 Å². The van der Waals surface area contributed by atoms with Gasteiger partial charge in [-0.3, -0.25) is 5.10 Å². The van der Waals surface area contributed by atoms with E-state index in [1.807, 2.05) is 13.8 Å². The highest BCUT2D eigenvalue weighted by atomic mass is 32.2. The van der Waals surface area contributed by atoms with Crippen molar-refractivity contribution in [2.75, 3.05) is 13.1 Å². The number of aliphatic hydroxyl groups is 1. The molecule has 2 unspecified atom stereocenters. The molecule has 0 bridgehead atoms. The lowest BCUT2D eigenvalue weighted by Gasteiger charge is -2.34. The maximum atomic E-state index is 12.6. The lowest BCUT2D eigenvalue weighted by molar-refractivity contribution is -0.0441. The number of hydrogen-bond acceptors (Lipinski definition) is 5. The maximum absolute atomic E-state index is 12.6. The van der Waals surface area contributed by atoms with E-state index in [0.717, 1.165) is 0 Å². The van der Waals surface area contributed by atoms with Gasteiger partial charge < -0.3 is 9.84 Å². The van der Waals surface area contributed by atoms with E-state index in [1.165, 1.54) is 4.31 Å². The van der Waals surface area contributed by atoms with Crippen molar-refractivity contribution in [2.24, 2.45) is 0 Å². The number of nitrogens with one attached hydrogen (secondary N) is 1. The average molecular weight is 289 g/mol. The largest absolute Gasteiger partial charge is 0.390 e. The minimum Gasteiger partial charge on any atom is -0.390 e. The first-order valence-corrected chi connectivity index (χ1v) is 7.60. The topological polar surface area (TPSA) is 95.5 Å². The fourth-order valence-electron chi connectivity index (χ4n) is 2.37. The van der Waals surface area contributed by atoms with E-state index in [4.69, 9.17) is 4.74 Å². The van der Waals surface area contributed by atoms with Gasteiger partial charge >= 0.3 is 0 Å². The highest BCUT2D eigenvalue weighted by molar-refractivity contribution is 7.89. The summed E-state index contributed by atoms with van der Waals surface area (Å²) < 4.78 is 32.2. The van der Waals surface area contributed by atoms with Crippen LogP contribution in [0.5, 0.6) is 0 Å². The van der Waals surface area contributed by atoms with Crippen LogP contribution in [-0.2, 0) is 21.4 Å². The summed E-state index contributed by atoms with van der Waals surface area (Å²) in [4.78, 5) is 0.0799. The molecule has 0 aromatic carbocycles. The van der Waals surface area contributed by atoms with Gasteiger partial charge in [-0.15, -0.1) is 0 Å². The Morgan fingerprint density at radius 1 is 1.42 bits per heavy atom. The standard InChI is InChI=1S/C11H19N3O4S/c1-7-4-14(5-8(2)18-7)19(16,17)11-9(3)12-13-10(11)6-15/h7-8,15H,4-6H2,1-3H3,(H,12,13). The predicted molar refractivity (Wildman–Crippen MR) is 68.0 cm³/mol. The second kappa shape index (κ2) is 5.20. The molecule has 2 heterocycles. The third kappa shape index (κ3) is 2.66. The van der Waals surface area contributed by atoms with E-state index in [2.05, 4.69) is 10.2 Å². The molecule has 1 aromatic rings. The molecule has 1 saturated heterocycles. The molecule has 2 atom stereocenters. The van der Waals surface area contributed by atoms with E-state index in [9.17, 15) is 13.5 Å². The van der Waals surface area contributed by atoms with E-state index in [-0.39, 0.29) is 22.8 Å². The Bertz CT molecular complexity index is 544. The normalized spacial score (nSPS) is 25.7. The molecule has 0 radical (unpaired) electrons. The molecule has 0 amide bonds. The lowest BCUT2D eigenvalue weighted by atomic mass is 10.3. The van der Waals surface area contributed by atoms with E-state index in [0.29, 0.717) is 18.8 Å². The van der Waals surface area contributed by atoms with Crippen LogP contribution in [0.2, 0.25) is 0 Å². The van der Waals surface area contributed by atoms with Crippen molar-refractivity contribution in [3.63, 3.8) is 0 Å². The Hall–Kier alpha value is -0.960. The van der Waals surface area contributed by atoms with Gasteiger partial charge in [0.15, 0.2) is 0 Å². The van der Waals surface area contributed by atoms with Gasteiger partial charge in [-0.25, -0.2) is 8.42 Å². The van der Waals surface area contributed by atoms with Gasteiger partial charge in [-0.1, -0.05) is 0 Å². The Morgan fingerprint density at radius 3 is 2.53 bits per heavy atom. The summed E-state index contributed by atoms with van der Waals surface area (Å²) in [7, 11) is -3.66. The van der Waals surface area contributed by atoms with E-state index < -0.39 is 16.6 Å². The highest BCUT2D eigenvalue weighted by Gasteiger charge is 2.35. The third-order valence-corrected chi connectivity index (χ3v) is 5.13. The number of H-pyrrole nitrogens is 1. The van der Waals surface area contributed by atoms with Crippen molar-refractivity contribution >= 4 is 10.0 Å². The van der Waals surface area contributed by atoms with Crippen molar-refractivity contribution in [2.45, 2.75) is 44.5 Å². The summed E-state index contributed by atoms with van der Waals surface area (Å²) in [6.07, 6.45) is -0.299. The first kappa shape index (κ1) is 14.4. The zero-order valence-electron chi connectivity index (χ0n) is 11.3. The SMILES string of the molecule is Cc1[nH]nc(CO)c1S(=O)(=O)N1CC(C)OC(C)C1. The average Bonchev–Trinajstić information content (AvgIpc) is 2.69. The summed E-state index contributed by atoms with van der Waals surface area (Å²) in [5, 5.41) is 15.6. The summed E-state index contributed by atoms with van der Waals surface area (Å²) >= 11 is 0. The van der Waals surface area contributed by atoms with Crippen LogP contribution in [0.15, 0.2) is 4.90 Å². The number of ether oxygens (including phenoxy) is 1. The molecule has 1 aromatic heterocycles. The van der Waals surface area contributed by atoms with Crippen LogP contribution < -0.4 is 0 Å². The summed E-state index contributed by atoms with van der Waals surface area (Å²) in [5.41, 5.74) is 0.597. The van der Waals surface area contributed by atoms with Gasteiger partial charge in [-0.05, 0) is 20.8 Å². The van der Waals surface area contributed by atoms with Crippen molar-refractivity contribution in [1.82, 2.24) is 14.5 Å². The van der Waals surface area contributed by atoms with Crippen LogP contribution in [0.4, 0.5) is 0 Å². The Kier molecular flexibility index (Phi) is 3.95. The molecule has 1 fully saturated rings.